The summed E-state index contributed by atoms with van der Waals surface area (Å²) in [6, 6.07) is 9.43. The zero-order valence-corrected chi connectivity index (χ0v) is 11.1. The Hall–Kier alpha value is -1.65. The maximum Gasteiger partial charge on any atom is 0.320 e. The first-order chi connectivity index (χ1) is 9.24. The molecule has 0 aliphatic rings. The first kappa shape index (κ1) is 15.4. The van der Waals surface area contributed by atoms with Crippen LogP contribution in [0.25, 0.3) is 6.08 Å². The third-order valence-electron chi connectivity index (χ3n) is 2.84. The number of benzene rings is 1. The topological polar surface area (TPSA) is 75.3 Å². The van der Waals surface area contributed by atoms with Gasteiger partial charge < -0.3 is 16.2 Å². The minimum absolute atomic E-state index is 0.494. The SMILES string of the molecule is NCCCC[C@H](NCC=Cc1ccccc1)C(=O)O. The number of carbonyl (C=O) groups is 1. The Labute approximate surface area is 114 Å². The molecule has 1 aromatic carbocycles. The molecule has 0 saturated carbocycles. The second-order valence-electron chi connectivity index (χ2n) is 4.40. The van der Waals surface area contributed by atoms with Gasteiger partial charge in [0, 0.05) is 6.54 Å². The molecule has 0 aliphatic carbocycles. The van der Waals surface area contributed by atoms with Crippen LogP contribution in [-0.2, 0) is 4.79 Å². The van der Waals surface area contributed by atoms with Crippen molar-refractivity contribution in [3.05, 3.63) is 42.0 Å². The molecule has 4 N–H and O–H groups in total. The summed E-state index contributed by atoms with van der Waals surface area (Å²) in [7, 11) is 0. The van der Waals surface area contributed by atoms with Gasteiger partial charge in [0.1, 0.15) is 6.04 Å². The van der Waals surface area contributed by atoms with E-state index in [0.717, 1.165) is 18.4 Å². The second-order valence-corrected chi connectivity index (χ2v) is 4.40. The molecule has 0 radical (unpaired) electrons. The summed E-state index contributed by atoms with van der Waals surface area (Å²) in [5, 5.41) is 12.1. The number of carboxylic acids is 1. The average Bonchev–Trinajstić information content (AvgIpc) is 2.42. The summed E-state index contributed by atoms with van der Waals surface area (Å²) in [4.78, 5) is 11.0. The number of nitrogens with two attached hydrogens (primary N) is 1. The third-order valence-corrected chi connectivity index (χ3v) is 2.84. The third kappa shape index (κ3) is 6.74. The number of rotatable bonds is 9. The number of unbranched alkanes of at least 4 members (excludes halogenated alkanes) is 1. The molecule has 4 nitrogen and oxygen atoms in total. The summed E-state index contributed by atoms with van der Waals surface area (Å²) in [6.07, 6.45) is 6.24. The Morgan fingerprint density at radius 1 is 1.32 bits per heavy atom. The van der Waals surface area contributed by atoms with E-state index in [9.17, 15) is 4.79 Å². The summed E-state index contributed by atoms with van der Waals surface area (Å²) in [6.45, 7) is 1.16. The normalized spacial score (nSPS) is 12.7. The van der Waals surface area contributed by atoms with Gasteiger partial charge in [0.2, 0.25) is 0 Å². The highest BCUT2D eigenvalue weighted by molar-refractivity contribution is 5.73. The van der Waals surface area contributed by atoms with E-state index in [1.165, 1.54) is 0 Å². The van der Waals surface area contributed by atoms with Gasteiger partial charge in [0.15, 0.2) is 0 Å². The molecule has 1 aromatic rings. The molecular formula is C15H22N2O2. The fourth-order valence-electron chi connectivity index (χ4n) is 1.78. The van der Waals surface area contributed by atoms with E-state index in [2.05, 4.69) is 5.32 Å². The van der Waals surface area contributed by atoms with Crippen molar-refractivity contribution in [3.63, 3.8) is 0 Å². The lowest BCUT2D eigenvalue weighted by Gasteiger charge is -2.12. The Balaban J connectivity index is 2.31. The van der Waals surface area contributed by atoms with Gasteiger partial charge in [-0.1, -0.05) is 48.9 Å². The number of hydrogen-bond acceptors (Lipinski definition) is 3. The zero-order chi connectivity index (χ0) is 13.9. The van der Waals surface area contributed by atoms with Crippen LogP contribution < -0.4 is 11.1 Å². The molecule has 0 fully saturated rings. The molecule has 0 saturated heterocycles. The fourth-order valence-corrected chi connectivity index (χ4v) is 1.78. The van der Waals surface area contributed by atoms with Crippen molar-refractivity contribution in [2.24, 2.45) is 5.73 Å². The molecule has 0 unspecified atom stereocenters. The average molecular weight is 262 g/mol. The minimum Gasteiger partial charge on any atom is -0.480 e. The maximum absolute atomic E-state index is 11.0. The molecule has 0 heterocycles. The molecule has 0 aliphatic heterocycles. The Morgan fingerprint density at radius 2 is 2.05 bits per heavy atom. The second kappa shape index (κ2) is 9.30. The summed E-state index contributed by atoms with van der Waals surface area (Å²) < 4.78 is 0. The van der Waals surface area contributed by atoms with Crippen LogP contribution in [0.3, 0.4) is 0 Å². The van der Waals surface area contributed by atoms with Gasteiger partial charge >= 0.3 is 5.97 Å². The quantitative estimate of drug-likeness (QED) is 0.594. The van der Waals surface area contributed by atoms with Crippen LogP contribution in [0.4, 0.5) is 0 Å². The summed E-state index contributed by atoms with van der Waals surface area (Å²) >= 11 is 0. The van der Waals surface area contributed by atoms with Crippen LogP contribution in [-0.4, -0.2) is 30.2 Å². The predicted molar refractivity (Wildman–Crippen MR) is 77.8 cm³/mol. The smallest absolute Gasteiger partial charge is 0.320 e. The number of hydrogen-bond donors (Lipinski definition) is 3. The molecule has 0 bridgehead atoms. The van der Waals surface area contributed by atoms with E-state index in [4.69, 9.17) is 10.8 Å². The molecule has 0 aromatic heterocycles. The zero-order valence-electron chi connectivity index (χ0n) is 11.1. The highest BCUT2D eigenvalue weighted by atomic mass is 16.4. The lowest BCUT2D eigenvalue weighted by Crippen LogP contribution is -2.36. The van der Waals surface area contributed by atoms with E-state index in [0.29, 0.717) is 19.5 Å². The predicted octanol–water partition coefficient (Wildman–Crippen LogP) is 1.87. The molecule has 19 heavy (non-hydrogen) atoms. The molecule has 1 rings (SSSR count). The highest BCUT2D eigenvalue weighted by Crippen LogP contribution is 2.02. The molecule has 104 valence electrons. The monoisotopic (exact) mass is 262 g/mol. The van der Waals surface area contributed by atoms with Crippen molar-refractivity contribution in [2.45, 2.75) is 25.3 Å². The van der Waals surface area contributed by atoms with Gasteiger partial charge in [-0.25, -0.2) is 0 Å². The van der Waals surface area contributed by atoms with Crippen molar-refractivity contribution in [2.75, 3.05) is 13.1 Å². The molecule has 1 atom stereocenters. The van der Waals surface area contributed by atoms with E-state index in [1.54, 1.807) is 0 Å². The Morgan fingerprint density at radius 3 is 2.68 bits per heavy atom. The van der Waals surface area contributed by atoms with Crippen LogP contribution in [0.15, 0.2) is 36.4 Å². The van der Waals surface area contributed by atoms with Crippen molar-refractivity contribution in [1.29, 1.82) is 0 Å². The number of carboxylic acid groups (broad SMARTS) is 1. The molecular weight excluding hydrogens is 240 g/mol. The lowest BCUT2D eigenvalue weighted by molar-refractivity contribution is -0.139. The van der Waals surface area contributed by atoms with Crippen molar-refractivity contribution < 1.29 is 9.90 Å². The minimum atomic E-state index is -0.801. The molecule has 0 amide bonds. The van der Waals surface area contributed by atoms with E-state index >= 15 is 0 Å². The summed E-state index contributed by atoms with van der Waals surface area (Å²) in [5.74, 6) is -0.801. The fraction of sp³-hybridized carbons (Fsp3) is 0.400. The number of aliphatic carboxylic acids is 1. The van der Waals surface area contributed by atoms with Crippen molar-refractivity contribution in [1.82, 2.24) is 5.32 Å². The van der Waals surface area contributed by atoms with Crippen LogP contribution in [0.2, 0.25) is 0 Å². The maximum atomic E-state index is 11.0. The van der Waals surface area contributed by atoms with Crippen LogP contribution >= 0.6 is 0 Å². The first-order valence-corrected chi connectivity index (χ1v) is 6.62. The molecule has 0 spiro atoms. The van der Waals surface area contributed by atoms with Gasteiger partial charge in [0.25, 0.3) is 0 Å². The van der Waals surface area contributed by atoms with Crippen LogP contribution in [0.5, 0.6) is 0 Å². The van der Waals surface area contributed by atoms with Crippen LogP contribution in [0, 0.1) is 0 Å². The Kier molecular flexibility index (Phi) is 7.54. The van der Waals surface area contributed by atoms with Gasteiger partial charge in [-0.05, 0) is 24.9 Å². The van der Waals surface area contributed by atoms with Crippen molar-refractivity contribution in [3.8, 4) is 0 Å². The lowest BCUT2D eigenvalue weighted by atomic mass is 10.1. The standard InChI is InChI=1S/C15H22N2O2/c16-11-5-4-10-14(15(18)19)17-12-6-9-13-7-2-1-3-8-13/h1-3,6-9,14,17H,4-5,10-12,16H2,(H,18,19)/t14-/m0/s1. The van der Waals surface area contributed by atoms with Crippen molar-refractivity contribution >= 4 is 12.0 Å². The summed E-state index contributed by atoms with van der Waals surface area (Å²) in [5.41, 5.74) is 6.51. The van der Waals surface area contributed by atoms with E-state index < -0.39 is 12.0 Å². The Bertz CT molecular complexity index is 390. The van der Waals surface area contributed by atoms with Gasteiger partial charge in [-0.2, -0.15) is 0 Å². The largest absolute Gasteiger partial charge is 0.480 e. The molecule has 4 heteroatoms. The van der Waals surface area contributed by atoms with Gasteiger partial charge in [0.05, 0.1) is 0 Å². The van der Waals surface area contributed by atoms with E-state index in [1.807, 2.05) is 42.5 Å². The first-order valence-electron chi connectivity index (χ1n) is 6.62. The van der Waals surface area contributed by atoms with Gasteiger partial charge in [-0.3, -0.25) is 4.79 Å². The van der Waals surface area contributed by atoms with E-state index in [-0.39, 0.29) is 0 Å². The highest BCUT2D eigenvalue weighted by Gasteiger charge is 2.14. The van der Waals surface area contributed by atoms with Crippen LogP contribution in [0.1, 0.15) is 24.8 Å². The van der Waals surface area contributed by atoms with Gasteiger partial charge in [-0.15, -0.1) is 0 Å². The number of nitrogens with one attached hydrogen (secondary N) is 1.